The Balaban J connectivity index is 2.85. The highest BCUT2D eigenvalue weighted by Crippen LogP contribution is 2.19. The highest BCUT2D eigenvalue weighted by molar-refractivity contribution is 9.10. The number of Topliss-reactive ketones (excluding diaryl/α,β-unsaturated/α-hetero) is 1. The molecule has 0 aliphatic carbocycles. The summed E-state index contributed by atoms with van der Waals surface area (Å²) in [5.41, 5.74) is -0.488. The Morgan fingerprint density at radius 1 is 1.50 bits per heavy atom. The highest BCUT2D eigenvalue weighted by atomic mass is 79.9. The molecule has 16 heavy (non-hydrogen) atoms. The van der Waals surface area contributed by atoms with Crippen LogP contribution in [0.4, 0.5) is 4.39 Å². The molecule has 1 rings (SSSR count). The highest BCUT2D eigenvalue weighted by Gasteiger charge is 2.27. The molecule has 1 aromatic carbocycles. The van der Waals surface area contributed by atoms with Gasteiger partial charge in [-0.15, -0.1) is 0 Å². The quantitative estimate of drug-likeness (QED) is 0.851. The summed E-state index contributed by atoms with van der Waals surface area (Å²) in [6.45, 7) is 3.35. The van der Waals surface area contributed by atoms with E-state index < -0.39 is 5.60 Å². The van der Waals surface area contributed by atoms with Crippen LogP contribution in [0.3, 0.4) is 0 Å². The maximum Gasteiger partial charge on any atom is 0.168 e. The van der Waals surface area contributed by atoms with Gasteiger partial charge in [-0.2, -0.15) is 0 Å². The first-order chi connectivity index (χ1) is 7.36. The average molecular weight is 289 g/mol. The van der Waals surface area contributed by atoms with Gasteiger partial charge in [0.1, 0.15) is 11.4 Å². The smallest absolute Gasteiger partial charge is 0.168 e. The molecule has 0 radical (unpaired) electrons. The van der Waals surface area contributed by atoms with Gasteiger partial charge in [-0.3, -0.25) is 4.79 Å². The minimum Gasteiger partial charge on any atom is -0.371 e. The third-order valence-electron chi connectivity index (χ3n) is 2.55. The van der Waals surface area contributed by atoms with Crippen molar-refractivity contribution in [1.29, 1.82) is 0 Å². The van der Waals surface area contributed by atoms with Gasteiger partial charge in [0.05, 0.1) is 0 Å². The summed E-state index contributed by atoms with van der Waals surface area (Å²) in [5.74, 6) is -0.522. The fraction of sp³-hybridized carbons (Fsp3) is 0.417. The summed E-state index contributed by atoms with van der Waals surface area (Å²) in [6, 6.07) is 4.66. The Labute approximate surface area is 103 Å². The number of hydrogen-bond donors (Lipinski definition) is 0. The van der Waals surface area contributed by atoms with Crippen LogP contribution in [0.25, 0.3) is 0 Å². The van der Waals surface area contributed by atoms with Gasteiger partial charge in [0.2, 0.25) is 0 Å². The van der Waals surface area contributed by atoms with Crippen LogP contribution in [0.15, 0.2) is 22.7 Å². The SMILES string of the molecule is COC(C)(C)C(=O)Cc1ccc(Br)cc1F. The van der Waals surface area contributed by atoms with Gasteiger partial charge in [-0.1, -0.05) is 22.0 Å². The number of benzene rings is 1. The lowest BCUT2D eigenvalue weighted by molar-refractivity contribution is -0.136. The van der Waals surface area contributed by atoms with Crippen molar-refractivity contribution in [2.45, 2.75) is 25.9 Å². The first-order valence-corrected chi connectivity index (χ1v) is 5.68. The van der Waals surface area contributed by atoms with Crippen LogP contribution in [0.5, 0.6) is 0 Å². The molecule has 0 saturated carbocycles. The molecule has 0 aliphatic rings. The lowest BCUT2D eigenvalue weighted by Crippen LogP contribution is -2.35. The number of hydrogen-bond acceptors (Lipinski definition) is 2. The molecule has 2 nitrogen and oxygen atoms in total. The van der Waals surface area contributed by atoms with Crippen LogP contribution in [-0.2, 0) is 16.0 Å². The third kappa shape index (κ3) is 3.12. The number of carbonyl (C=O) groups is 1. The standard InChI is InChI=1S/C12H14BrFO2/c1-12(2,16-3)11(15)6-8-4-5-9(13)7-10(8)14/h4-5,7H,6H2,1-3H3. The zero-order valence-corrected chi connectivity index (χ0v) is 11.1. The average Bonchev–Trinajstić information content (AvgIpc) is 2.22. The van der Waals surface area contributed by atoms with Crippen molar-refractivity contribution >= 4 is 21.7 Å². The van der Waals surface area contributed by atoms with Crippen molar-refractivity contribution in [3.8, 4) is 0 Å². The van der Waals surface area contributed by atoms with Gasteiger partial charge in [-0.25, -0.2) is 4.39 Å². The Morgan fingerprint density at radius 3 is 2.62 bits per heavy atom. The largest absolute Gasteiger partial charge is 0.371 e. The van der Waals surface area contributed by atoms with Crippen LogP contribution in [0, 0.1) is 5.82 Å². The molecule has 0 amide bonds. The van der Waals surface area contributed by atoms with Crippen LogP contribution in [0.1, 0.15) is 19.4 Å². The molecule has 0 aromatic heterocycles. The van der Waals surface area contributed by atoms with Crippen molar-refractivity contribution in [2.24, 2.45) is 0 Å². The van der Waals surface area contributed by atoms with Crippen LogP contribution in [0.2, 0.25) is 0 Å². The summed E-state index contributed by atoms with van der Waals surface area (Å²) in [6.07, 6.45) is 0.0416. The summed E-state index contributed by atoms with van der Waals surface area (Å²) >= 11 is 3.17. The summed E-state index contributed by atoms with van der Waals surface area (Å²) in [4.78, 5) is 11.8. The molecule has 1 aromatic rings. The Bertz CT molecular complexity index is 402. The summed E-state index contributed by atoms with van der Waals surface area (Å²) < 4.78 is 19.2. The van der Waals surface area contributed by atoms with E-state index in [0.29, 0.717) is 10.0 Å². The molecule has 0 spiro atoms. The second-order valence-corrected chi connectivity index (χ2v) is 4.97. The van der Waals surface area contributed by atoms with Gasteiger partial charge < -0.3 is 4.74 Å². The molecule has 0 aliphatic heterocycles. The fourth-order valence-corrected chi connectivity index (χ4v) is 1.50. The zero-order chi connectivity index (χ0) is 12.3. The van der Waals surface area contributed by atoms with Gasteiger partial charge >= 0.3 is 0 Å². The molecule has 0 unspecified atom stereocenters. The van der Waals surface area contributed by atoms with Crippen LogP contribution < -0.4 is 0 Å². The predicted octanol–water partition coefficient (Wildman–Crippen LogP) is 3.12. The van der Waals surface area contributed by atoms with Crippen molar-refractivity contribution in [3.05, 3.63) is 34.1 Å². The predicted molar refractivity (Wildman–Crippen MR) is 63.9 cm³/mol. The molecular formula is C12H14BrFO2. The molecule has 0 N–H and O–H groups in total. The van der Waals surface area contributed by atoms with E-state index in [1.165, 1.54) is 13.2 Å². The minimum atomic E-state index is -0.875. The topological polar surface area (TPSA) is 26.3 Å². The molecule has 0 atom stereocenters. The first-order valence-electron chi connectivity index (χ1n) is 4.89. The van der Waals surface area contributed by atoms with E-state index in [0.717, 1.165) is 0 Å². The van der Waals surface area contributed by atoms with Gasteiger partial charge in [0, 0.05) is 18.0 Å². The number of ketones is 1. The second-order valence-electron chi connectivity index (χ2n) is 4.05. The van der Waals surface area contributed by atoms with Crippen molar-refractivity contribution in [3.63, 3.8) is 0 Å². The van der Waals surface area contributed by atoms with Gasteiger partial charge in [0.15, 0.2) is 5.78 Å². The van der Waals surface area contributed by atoms with Crippen molar-refractivity contribution in [2.75, 3.05) is 7.11 Å². The molecule has 4 heteroatoms. The number of methoxy groups -OCH3 is 1. The zero-order valence-electron chi connectivity index (χ0n) is 9.51. The molecule has 0 bridgehead atoms. The number of ether oxygens (including phenoxy) is 1. The minimum absolute atomic E-state index is 0.0416. The fourth-order valence-electron chi connectivity index (χ4n) is 1.16. The first kappa shape index (κ1) is 13.3. The van der Waals surface area contributed by atoms with E-state index in [9.17, 15) is 9.18 Å². The number of rotatable bonds is 4. The second kappa shape index (κ2) is 5.06. The summed E-state index contributed by atoms with van der Waals surface area (Å²) in [7, 11) is 1.47. The van der Waals surface area contributed by atoms with Gasteiger partial charge in [-0.05, 0) is 31.5 Å². The van der Waals surface area contributed by atoms with E-state index in [4.69, 9.17) is 4.74 Å². The Kier molecular flexibility index (Phi) is 4.21. The third-order valence-corrected chi connectivity index (χ3v) is 3.04. The molecule has 0 fully saturated rings. The van der Waals surface area contributed by atoms with Crippen LogP contribution >= 0.6 is 15.9 Å². The lowest BCUT2D eigenvalue weighted by atomic mass is 9.96. The monoisotopic (exact) mass is 288 g/mol. The van der Waals surface area contributed by atoms with E-state index >= 15 is 0 Å². The normalized spacial score (nSPS) is 11.6. The lowest BCUT2D eigenvalue weighted by Gasteiger charge is -2.21. The Morgan fingerprint density at radius 2 is 2.12 bits per heavy atom. The maximum atomic E-state index is 13.5. The van der Waals surface area contributed by atoms with Crippen LogP contribution in [-0.4, -0.2) is 18.5 Å². The molecule has 88 valence electrons. The van der Waals surface area contributed by atoms with E-state index in [1.54, 1.807) is 26.0 Å². The molecule has 0 heterocycles. The van der Waals surface area contributed by atoms with Gasteiger partial charge in [0.25, 0.3) is 0 Å². The maximum absolute atomic E-state index is 13.5. The van der Waals surface area contributed by atoms with E-state index in [2.05, 4.69) is 15.9 Å². The number of halogens is 2. The Hall–Kier alpha value is -0.740. The van der Waals surface area contributed by atoms with Crippen molar-refractivity contribution in [1.82, 2.24) is 0 Å². The van der Waals surface area contributed by atoms with E-state index in [-0.39, 0.29) is 18.0 Å². The van der Waals surface area contributed by atoms with Crippen molar-refractivity contribution < 1.29 is 13.9 Å². The van der Waals surface area contributed by atoms with E-state index in [1.807, 2.05) is 0 Å². The number of carbonyl (C=O) groups excluding carboxylic acids is 1. The summed E-state index contributed by atoms with van der Waals surface area (Å²) in [5, 5.41) is 0. The molecule has 0 saturated heterocycles. The molecular weight excluding hydrogens is 275 g/mol.